The van der Waals surface area contributed by atoms with E-state index in [1.807, 2.05) is 63.2 Å². The van der Waals surface area contributed by atoms with Gasteiger partial charge in [0.2, 0.25) is 15.9 Å². The zero-order valence-electron chi connectivity index (χ0n) is 38.7. The van der Waals surface area contributed by atoms with Gasteiger partial charge in [0.1, 0.15) is 42.0 Å². The number of nitrogens with zero attached hydrogens (tertiary/aromatic N) is 3. The number of halogens is 7. The van der Waals surface area contributed by atoms with Gasteiger partial charge in [0.05, 0.1) is 52.0 Å². The molecule has 1 aliphatic heterocycles. The number of aliphatic carboxylic acids is 1. The van der Waals surface area contributed by atoms with E-state index in [1.54, 1.807) is 14.5 Å². The number of rotatable bonds is 16. The Morgan fingerprint density at radius 3 is 2.22 bits per heavy atom. The molecule has 0 bridgehead atoms. The summed E-state index contributed by atoms with van der Waals surface area (Å²) in [7, 11) is -8.10. The third kappa shape index (κ3) is 20.7. The van der Waals surface area contributed by atoms with Crippen LogP contribution in [0.15, 0.2) is 78.9 Å². The number of anilines is 2. The number of carboxylic acids is 1. The van der Waals surface area contributed by atoms with E-state index >= 15 is 0 Å². The van der Waals surface area contributed by atoms with E-state index in [4.69, 9.17) is 75.5 Å². The number of nitro groups is 1. The van der Waals surface area contributed by atoms with Gasteiger partial charge in [-0.2, -0.15) is 13.2 Å². The number of benzene rings is 4. The van der Waals surface area contributed by atoms with E-state index in [1.165, 1.54) is 0 Å². The monoisotopic (exact) mass is 1140 g/mol. The van der Waals surface area contributed by atoms with Crippen molar-refractivity contribution in [3.63, 3.8) is 0 Å². The molecule has 3 amide bonds. The minimum absolute atomic E-state index is 0.0371. The molecule has 1 heterocycles. The number of hydrogen-bond acceptors (Lipinski definition) is 13. The molecule has 0 fully saturated rings. The number of aryl methyl sites for hydroxylation is 2. The van der Waals surface area contributed by atoms with Crippen molar-refractivity contribution in [3.8, 4) is 17.2 Å². The van der Waals surface area contributed by atoms with Crippen LogP contribution in [0.2, 0.25) is 5.02 Å². The van der Waals surface area contributed by atoms with Crippen molar-refractivity contribution in [2.24, 2.45) is 0 Å². The number of nitro benzene ring substituents is 1. The number of sulfonamides is 1. The maximum Gasteiger partial charge on any atom is 0.416 e. The number of nitrogens with one attached hydrogen (secondary N) is 2. The molecular formula is C43H49Cl4F3N5O15PS. The molecule has 1 aliphatic rings. The number of fused-ring (bicyclic) bond motifs is 1. The van der Waals surface area contributed by atoms with Crippen molar-refractivity contribution in [2.45, 2.75) is 51.2 Å². The number of carbonyl (C=O) groups excluding carboxylic acids is 3. The predicted octanol–water partition coefficient (Wildman–Crippen LogP) is 8.27. The lowest BCUT2D eigenvalue weighted by atomic mass is 10.0. The van der Waals surface area contributed by atoms with E-state index in [0.29, 0.717) is 37.4 Å². The summed E-state index contributed by atoms with van der Waals surface area (Å²) in [6.45, 7) is 8.69. The highest BCUT2D eigenvalue weighted by Gasteiger charge is 2.33. The van der Waals surface area contributed by atoms with Crippen molar-refractivity contribution < 1.29 is 79.4 Å². The van der Waals surface area contributed by atoms with Crippen LogP contribution in [0.4, 0.5) is 30.2 Å². The number of hydrogen-bond donors (Lipinski definition) is 5. The van der Waals surface area contributed by atoms with Crippen LogP contribution in [0, 0.1) is 17.0 Å². The summed E-state index contributed by atoms with van der Waals surface area (Å²) in [4.78, 5) is 74.3. The van der Waals surface area contributed by atoms with Gasteiger partial charge < -0.3 is 34.0 Å². The van der Waals surface area contributed by atoms with Gasteiger partial charge in [0.15, 0.2) is 4.84 Å². The van der Waals surface area contributed by atoms with Crippen molar-refractivity contribution in [1.82, 2.24) is 10.0 Å². The van der Waals surface area contributed by atoms with Crippen molar-refractivity contribution in [3.05, 3.63) is 116 Å². The topological polar surface area (TPSA) is 282 Å². The Balaban J connectivity index is 0.000000351. The van der Waals surface area contributed by atoms with Gasteiger partial charge in [-0.15, -0.1) is 11.6 Å². The molecule has 20 nitrogen and oxygen atoms in total. The van der Waals surface area contributed by atoms with Gasteiger partial charge in [-0.1, -0.05) is 72.1 Å². The summed E-state index contributed by atoms with van der Waals surface area (Å²) in [5.74, 6) is -2.62. The van der Waals surface area contributed by atoms with Crippen LogP contribution >= 0.6 is 54.0 Å². The van der Waals surface area contributed by atoms with Crippen LogP contribution in [0.1, 0.15) is 47.8 Å². The molecule has 0 aromatic heterocycles. The van der Waals surface area contributed by atoms with Crippen LogP contribution < -0.4 is 29.3 Å². The van der Waals surface area contributed by atoms with Crippen molar-refractivity contribution in [2.75, 3.05) is 54.7 Å². The largest absolute Gasteiger partial charge is 0.489 e. The maximum atomic E-state index is 12.7. The maximum absolute atomic E-state index is 12.7. The molecule has 0 radical (unpaired) electrons. The Labute approximate surface area is 431 Å². The smallest absolute Gasteiger partial charge is 0.416 e. The number of alkyl halides is 6. The standard InChI is InChI=1S/C15H10ClF3N2O6S.C14H20ClNO2.C11H11Cl2NO2.C3H8NO5P/c1-28(25,26)20-14(22)10-7-9(3-4-12(10)21(23)24)27-13-5-2-8(6-11(13)16)15(17,18)19;1-4-12-8-6-7-11(3)14(12)16(10-18-5-2)13(17)9-15;1-7-6-16-9-5-3-2-4-8(9)14(7)11(15)10(12)13;5-3(6)1-4-2-10(7,8)9/h2-7H,1H3,(H,20,22);6-8H,4-5,9-10H2,1-3H3;2-5,7,10H,6H2,1H3;4H,1-2H2,(H,5,6)(H2,7,8,9). The highest BCUT2D eigenvalue weighted by Crippen LogP contribution is 2.38. The lowest BCUT2D eigenvalue weighted by Crippen LogP contribution is -2.47. The average Bonchev–Trinajstić information content (AvgIpc) is 3.28. The first-order valence-corrected chi connectivity index (χ1v) is 26.1. The molecule has 4 aromatic carbocycles. The Morgan fingerprint density at radius 1 is 1.04 bits per heavy atom. The SMILES string of the molecule is CC1COc2ccccc2N1C(=O)C(Cl)Cl.CCOCN(C(=O)CCl)c1c(C)cccc1CC.CS(=O)(=O)NC(=O)c1cc(Oc2ccc(C(F)(F)F)cc2Cl)ccc1[N+](=O)[O-].O=C(O)CNCP(=O)(O)O. The molecule has 396 valence electrons. The van der Waals surface area contributed by atoms with Crippen molar-refractivity contribution >= 4 is 105 Å². The fourth-order valence-corrected chi connectivity index (χ4v) is 7.41. The van der Waals surface area contributed by atoms with Crippen LogP contribution in [-0.4, -0.2) is 108 Å². The molecule has 5 rings (SSSR count). The second-order valence-electron chi connectivity index (χ2n) is 14.7. The van der Waals surface area contributed by atoms with Crippen molar-refractivity contribution in [1.29, 1.82) is 0 Å². The zero-order valence-corrected chi connectivity index (χ0v) is 43.4. The fraction of sp³-hybridized carbons (Fsp3) is 0.349. The molecule has 0 saturated carbocycles. The summed E-state index contributed by atoms with van der Waals surface area (Å²) in [5, 5.41) is 20.7. The Morgan fingerprint density at radius 2 is 1.69 bits per heavy atom. The van der Waals surface area contributed by atoms with Gasteiger partial charge in [-0.05, 0) is 74.7 Å². The molecule has 29 heteroatoms. The molecule has 0 aliphatic carbocycles. The highest BCUT2D eigenvalue weighted by atomic mass is 35.5. The van der Waals surface area contributed by atoms with Gasteiger partial charge in [0.25, 0.3) is 17.5 Å². The second-order valence-corrected chi connectivity index (χ2v) is 19.8. The number of para-hydroxylation sites is 3. The minimum Gasteiger partial charge on any atom is -0.489 e. The molecule has 1 atom stereocenters. The van der Waals surface area contributed by atoms with E-state index in [0.717, 1.165) is 53.2 Å². The van der Waals surface area contributed by atoms with Crippen LogP contribution in [0.5, 0.6) is 17.2 Å². The number of ether oxygens (including phenoxy) is 3. The molecular weight excluding hydrogens is 1090 g/mol. The van der Waals surface area contributed by atoms with Gasteiger partial charge in [0, 0.05) is 18.7 Å². The average molecular weight is 1140 g/mol. The molecule has 4 aromatic rings. The summed E-state index contributed by atoms with van der Waals surface area (Å²) in [5.41, 5.74) is 1.50. The first-order chi connectivity index (χ1) is 33.5. The molecule has 5 N–H and O–H groups in total. The minimum atomic E-state index is -4.62. The van der Waals surface area contributed by atoms with E-state index in [9.17, 15) is 55.4 Å². The molecule has 0 saturated heterocycles. The summed E-state index contributed by atoms with van der Waals surface area (Å²) in [6, 6.07) is 18.4. The summed E-state index contributed by atoms with van der Waals surface area (Å²) < 4.78 is 88.2. The number of carbonyl (C=O) groups is 4. The highest BCUT2D eigenvalue weighted by molar-refractivity contribution is 7.89. The summed E-state index contributed by atoms with van der Waals surface area (Å²) in [6.07, 6.45) is -3.67. The van der Waals surface area contributed by atoms with E-state index < -0.39 is 80.1 Å². The lowest BCUT2D eigenvalue weighted by molar-refractivity contribution is -0.385. The molecule has 0 spiro atoms. The third-order valence-electron chi connectivity index (χ3n) is 9.05. The number of carboxylic acid groups (broad SMARTS) is 1. The third-order valence-corrected chi connectivity index (χ3v) is 11.1. The van der Waals surface area contributed by atoms with Crippen LogP contribution in [0.3, 0.4) is 0 Å². The lowest BCUT2D eigenvalue weighted by Gasteiger charge is -2.35. The Bertz CT molecular complexity index is 2700. The molecule has 72 heavy (non-hydrogen) atoms. The zero-order chi connectivity index (χ0) is 54.7. The van der Waals surface area contributed by atoms with E-state index in [-0.39, 0.29) is 42.0 Å². The van der Waals surface area contributed by atoms with E-state index in [2.05, 4.69) is 12.2 Å². The Hall–Kier alpha value is -5.27. The fourth-order valence-electron chi connectivity index (χ4n) is 5.99. The number of amides is 3. The quantitative estimate of drug-likeness (QED) is 0.0232. The van der Waals surface area contributed by atoms with Crippen LogP contribution in [0.25, 0.3) is 0 Å². The first kappa shape index (κ1) is 62.8. The molecule has 1 unspecified atom stereocenters. The predicted molar refractivity (Wildman–Crippen MR) is 264 cm³/mol. The summed E-state index contributed by atoms with van der Waals surface area (Å²) >= 11 is 22.7. The first-order valence-electron chi connectivity index (χ1n) is 20.6. The van der Waals surface area contributed by atoms with Gasteiger partial charge in [-0.25, -0.2) is 13.1 Å². The normalized spacial score (nSPS) is 13.0. The Kier molecular flexibility index (Phi) is 25.2. The van der Waals surface area contributed by atoms with Gasteiger partial charge in [-0.3, -0.25) is 44.1 Å². The van der Waals surface area contributed by atoms with Crippen LogP contribution in [-0.2, 0) is 46.3 Å². The van der Waals surface area contributed by atoms with Gasteiger partial charge >= 0.3 is 19.7 Å². The second kappa shape index (κ2) is 28.8.